The molecule has 0 atom stereocenters. The standard InChI is InChI=1S/C30H27BF5NO4/c1-29(2)30(3,4)41-31(40-29)16(13-21-23(32)25(34)27(36)26(35)24(21)33)14-37-28(38)39-15-22-19-11-7-5-9-17(19)18-10-6-8-12-20(18)22/h5-13,22H,14-15H2,1-4H3,(H,37,38). The molecule has 0 radical (unpaired) electrons. The van der Waals surface area contributed by atoms with Crippen molar-refractivity contribution in [2.75, 3.05) is 13.2 Å². The molecule has 0 aromatic heterocycles. The highest BCUT2D eigenvalue weighted by Gasteiger charge is 2.52. The first kappa shape index (κ1) is 28.8. The Labute approximate surface area is 234 Å². The monoisotopic (exact) mass is 571 g/mol. The molecule has 0 saturated carbocycles. The number of halogens is 5. The minimum absolute atomic E-state index is 0.00698. The molecule has 1 fully saturated rings. The Morgan fingerprint density at radius 3 is 1.80 bits per heavy atom. The number of carbonyl (C=O) groups excluding carboxylic acids is 1. The van der Waals surface area contributed by atoms with E-state index < -0.39 is 65.6 Å². The number of nitrogens with one attached hydrogen (secondary N) is 1. The third kappa shape index (κ3) is 5.12. The summed E-state index contributed by atoms with van der Waals surface area (Å²) in [6.45, 7) is 6.48. The number of rotatable bonds is 6. The maximum absolute atomic E-state index is 14.5. The fourth-order valence-electron chi connectivity index (χ4n) is 4.95. The largest absolute Gasteiger partial charge is 0.492 e. The molecule has 41 heavy (non-hydrogen) atoms. The lowest BCUT2D eigenvalue weighted by Crippen LogP contribution is -2.41. The molecule has 1 aliphatic heterocycles. The van der Waals surface area contributed by atoms with E-state index >= 15 is 0 Å². The van der Waals surface area contributed by atoms with E-state index in [0.29, 0.717) is 0 Å². The number of alkyl carbamates (subject to hydrolysis) is 1. The number of carbonyl (C=O) groups is 1. The Hall–Kier alpha value is -3.70. The van der Waals surface area contributed by atoms with Gasteiger partial charge in [-0.2, -0.15) is 0 Å². The van der Waals surface area contributed by atoms with Gasteiger partial charge in [0.25, 0.3) is 0 Å². The van der Waals surface area contributed by atoms with Crippen LogP contribution in [0.4, 0.5) is 26.7 Å². The van der Waals surface area contributed by atoms with Crippen LogP contribution in [0.15, 0.2) is 54.0 Å². The van der Waals surface area contributed by atoms with Crippen LogP contribution >= 0.6 is 0 Å². The fraction of sp³-hybridized carbons (Fsp3) is 0.300. The summed E-state index contributed by atoms with van der Waals surface area (Å²) in [6, 6.07) is 15.6. The second-order valence-electron chi connectivity index (χ2n) is 11.0. The molecule has 11 heteroatoms. The van der Waals surface area contributed by atoms with Crippen molar-refractivity contribution in [3.8, 4) is 11.1 Å². The molecule has 1 amide bonds. The van der Waals surface area contributed by atoms with Crippen molar-refractivity contribution in [3.05, 3.63) is 99.8 Å². The molecular formula is C30H27BF5NO4. The quantitative estimate of drug-likeness (QED) is 0.151. The van der Waals surface area contributed by atoms with E-state index in [1.54, 1.807) is 27.7 Å². The lowest BCUT2D eigenvalue weighted by molar-refractivity contribution is 0.00578. The van der Waals surface area contributed by atoms with E-state index in [1.165, 1.54) is 0 Å². The van der Waals surface area contributed by atoms with Crippen molar-refractivity contribution >= 4 is 19.3 Å². The first-order chi connectivity index (χ1) is 19.3. The molecule has 0 spiro atoms. The number of hydrogen-bond acceptors (Lipinski definition) is 4. The van der Waals surface area contributed by atoms with Crippen molar-refractivity contribution in [2.45, 2.75) is 44.8 Å². The summed E-state index contributed by atoms with van der Waals surface area (Å²) < 4.78 is 87.9. The predicted molar refractivity (Wildman–Crippen MR) is 143 cm³/mol. The second kappa shape index (κ2) is 10.6. The molecule has 5 nitrogen and oxygen atoms in total. The number of hydrogen-bond donors (Lipinski definition) is 1. The smallest absolute Gasteiger partial charge is 0.449 e. The second-order valence-corrected chi connectivity index (χ2v) is 11.0. The van der Waals surface area contributed by atoms with Gasteiger partial charge in [0.2, 0.25) is 5.82 Å². The first-order valence-electron chi connectivity index (χ1n) is 13.0. The van der Waals surface area contributed by atoms with Gasteiger partial charge in [-0.3, -0.25) is 0 Å². The van der Waals surface area contributed by atoms with Gasteiger partial charge < -0.3 is 19.4 Å². The van der Waals surface area contributed by atoms with E-state index in [4.69, 9.17) is 14.0 Å². The predicted octanol–water partition coefficient (Wildman–Crippen LogP) is 6.94. The Morgan fingerprint density at radius 1 is 0.829 bits per heavy atom. The van der Waals surface area contributed by atoms with E-state index in [-0.39, 0.29) is 18.0 Å². The summed E-state index contributed by atoms with van der Waals surface area (Å²) >= 11 is 0. The topological polar surface area (TPSA) is 56.8 Å². The highest BCUT2D eigenvalue weighted by atomic mass is 19.2. The van der Waals surface area contributed by atoms with E-state index in [0.717, 1.165) is 28.3 Å². The lowest BCUT2D eigenvalue weighted by Gasteiger charge is -2.32. The molecule has 3 aromatic carbocycles. The van der Waals surface area contributed by atoms with Gasteiger partial charge in [-0.1, -0.05) is 54.6 Å². The van der Waals surface area contributed by atoms with Gasteiger partial charge in [0, 0.05) is 12.5 Å². The van der Waals surface area contributed by atoms with Gasteiger partial charge in [-0.05, 0) is 55.4 Å². The molecule has 1 aliphatic carbocycles. The van der Waals surface area contributed by atoms with Crippen molar-refractivity contribution in [1.82, 2.24) is 5.32 Å². The molecule has 2 aliphatic rings. The van der Waals surface area contributed by atoms with Crippen LogP contribution in [-0.4, -0.2) is 37.6 Å². The van der Waals surface area contributed by atoms with E-state index in [2.05, 4.69) is 5.32 Å². The van der Waals surface area contributed by atoms with Gasteiger partial charge in [0.1, 0.15) is 6.61 Å². The average Bonchev–Trinajstić information content (AvgIpc) is 3.38. The van der Waals surface area contributed by atoms with Gasteiger partial charge in [-0.25, -0.2) is 26.7 Å². The van der Waals surface area contributed by atoms with Crippen LogP contribution in [-0.2, 0) is 14.0 Å². The van der Waals surface area contributed by atoms with E-state index in [1.807, 2.05) is 48.5 Å². The molecule has 1 N–H and O–H groups in total. The molecule has 0 bridgehead atoms. The lowest BCUT2D eigenvalue weighted by atomic mass is 9.77. The van der Waals surface area contributed by atoms with Gasteiger partial charge in [0.15, 0.2) is 23.3 Å². The molecule has 214 valence electrons. The van der Waals surface area contributed by atoms with Crippen molar-refractivity contribution in [2.24, 2.45) is 0 Å². The fourth-order valence-corrected chi connectivity index (χ4v) is 4.95. The zero-order valence-corrected chi connectivity index (χ0v) is 22.8. The summed E-state index contributed by atoms with van der Waals surface area (Å²) in [5, 5.41) is 2.49. The van der Waals surface area contributed by atoms with Crippen molar-refractivity contribution in [3.63, 3.8) is 0 Å². The third-order valence-electron chi connectivity index (χ3n) is 7.91. The average molecular weight is 571 g/mol. The Bertz CT molecular complexity index is 1470. The molecule has 1 heterocycles. The summed E-state index contributed by atoms with van der Waals surface area (Å²) in [4.78, 5) is 12.8. The van der Waals surface area contributed by atoms with Crippen LogP contribution in [0.1, 0.15) is 50.3 Å². The maximum Gasteiger partial charge on any atom is 0.492 e. The molecule has 0 unspecified atom stereocenters. The van der Waals surface area contributed by atoms with Crippen LogP contribution < -0.4 is 5.32 Å². The summed E-state index contributed by atoms with van der Waals surface area (Å²) in [5.41, 5.74) is 1.06. The number of ether oxygens (including phenoxy) is 1. The van der Waals surface area contributed by atoms with Crippen LogP contribution in [0.25, 0.3) is 17.2 Å². The highest BCUT2D eigenvalue weighted by molar-refractivity contribution is 6.56. The highest BCUT2D eigenvalue weighted by Crippen LogP contribution is 2.44. The number of benzene rings is 3. The SMILES string of the molecule is CC1(C)OB(C(=Cc2c(F)c(F)c(F)c(F)c2F)CNC(=O)OCC2c3ccccc3-c3ccccc32)OC1(C)C. The summed E-state index contributed by atoms with van der Waals surface area (Å²) in [7, 11) is -1.26. The minimum Gasteiger partial charge on any atom is -0.449 e. The molecular weight excluding hydrogens is 544 g/mol. The molecule has 1 saturated heterocycles. The van der Waals surface area contributed by atoms with Crippen molar-refractivity contribution < 1.29 is 40.8 Å². The van der Waals surface area contributed by atoms with Crippen molar-refractivity contribution in [1.29, 1.82) is 0 Å². The Kier molecular flexibility index (Phi) is 7.46. The van der Waals surface area contributed by atoms with Crippen LogP contribution in [0.3, 0.4) is 0 Å². The van der Waals surface area contributed by atoms with Gasteiger partial charge in [-0.15, -0.1) is 0 Å². The minimum atomic E-state index is -2.27. The van der Waals surface area contributed by atoms with Crippen LogP contribution in [0, 0.1) is 29.1 Å². The van der Waals surface area contributed by atoms with Crippen LogP contribution in [0.2, 0.25) is 0 Å². The summed E-state index contributed by atoms with van der Waals surface area (Å²) in [6.07, 6.45) is -0.117. The molecule has 5 rings (SSSR count). The third-order valence-corrected chi connectivity index (χ3v) is 7.91. The Balaban J connectivity index is 1.37. The zero-order valence-electron chi connectivity index (χ0n) is 22.8. The molecule has 3 aromatic rings. The maximum atomic E-state index is 14.5. The summed E-state index contributed by atoms with van der Waals surface area (Å²) in [5.74, 6) is -10.7. The Morgan fingerprint density at radius 2 is 1.29 bits per heavy atom. The normalized spacial score (nSPS) is 17.4. The first-order valence-corrected chi connectivity index (χ1v) is 13.0. The number of fused-ring (bicyclic) bond motifs is 3. The zero-order chi connectivity index (χ0) is 29.7. The van der Waals surface area contributed by atoms with E-state index in [9.17, 15) is 26.7 Å². The van der Waals surface area contributed by atoms with Gasteiger partial charge >= 0.3 is 13.2 Å². The van der Waals surface area contributed by atoms with Crippen LogP contribution in [0.5, 0.6) is 0 Å². The van der Waals surface area contributed by atoms with Gasteiger partial charge in [0.05, 0.1) is 16.8 Å². The number of amides is 1.